The van der Waals surface area contributed by atoms with Crippen LogP contribution in [0.4, 0.5) is 4.39 Å². The summed E-state index contributed by atoms with van der Waals surface area (Å²) in [4.78, 5) is 0. The minimum absolute atomic E-state index is 0.0644. The molecule has 1 N–H and O–H groups in total. The third kappa shape index (κ3) is 5.28. The molecule has 0 spiro atoms. The minimum atomic E-state index is -3.34. The highest BCUT2D eigenvalue weighted by molar-refractivity contribution is 7.88. The third-order valence-corrected chi connectivity index (χ3v) is 3.85. The smallest absolute Gasteiger partial charge is 0.212 e. The van der Waals surface area contributed by atoms with Crippen LogP contribution in [0.3, 0.4) is 0 Å². The molecule has 1 aromatic carbocycles. The summed E-state index contributed by atoms with van der Waals surface area (Å²) in [6.45, 7) is 3.84. The third-order valence-electron chi connectivity index (χ3n) is 2.37. The van der Waals surface area contributed by atoms with E-state index in [-0.39, 0.29) is 17.6 Å². The van der Waals surface area contributed by atoms with E-state index in [1.165, 1.54) is 24.3 Å². The zero-order valence-electron chi connectivity index (χ0n) is 10.1. The van der Waals surface area contributed by atoms with Crippen LogP contribution in [0.1, 0.15) is 32.3 Å². The van der Waals surface area contributed by atoms with Crippen LogP contribution in [0.25, 0.3) is 0 Å². The van der Waals surface area contributed by atoms with E-state index in [9.17, 15) is 12.8 Å². The largest absolute Gasteiger partial charge is 0.216 e. The molecule has 0 aliphatic rings. The van der Waals surface area contributed by atoms with Gasteiger partial charge in [0.1, 0.15) is 5.82 Å². The molecule has 1 atom stereocenters. The molecule has 0 radical (unpaired) electrons. The van der Waals surface area contributed by atoms with Gasteiger partial charge in [-0.2, -0.15) is 0 Å². The maximum atomic E-state index is 12.7. The van der Waals surface area contributed by atoms with Crippen LogP contribution in [0, 0.1) is 5.82 Å². The van der Waals surface area contributed by atoms with Gasteiger partial charge < -0.3 is 0 Å². The van der Waals surface area contributed by atoms with Crippen molar-refractivity contribution < 1.29 is 12.8 Å². The van der Waals surface area contributed by atoms with Gasteiger partial charge in [0.05, 0.1) is 5.75 Å². The van der Waals surface area contributed by atoms with E-state index in [0.717, 1.165) is 12.8 Å². The Kier molecular flexibility index (Phi) is 5.08. The maximum Gasteiger partial charge on any atom is 0.216 e. The topological polar surface area (TPSA) is 46.2 Å². The van der Waals surface area contributed by atoms with Gasteiger partial charge in [0.25, 0.3) is 0 Å². The van der Waals surface area contributed by atoms with Crippen molar-refractivity contribution in [1.29, 1.82) is 0 Å². The molecule has 1 rings (SSSR count). The predicted octanol–water partition coefficient (Wildman–Crippen LogP) is 2.43. The maximum absolute atomic E-state index is 12.7. The summed E-state index contributed by atoms with van der Waals surface area (Å²) < 4.78 is 38.8. The van der Waals surface area contributed by atoms with Crippen molar-refractivity contribution in [2.24, 2.45) is 0 Å². The fourth-order valence-corrected chi connectivity index (χ4v) is 3.09. The van der Waals surface area contributed by atoms with Crippen molar-refractivity contribution in [1.82, 2.24) is 4.72 Å². The van der Waals surface area contributed by atoms with E-state index in [1.54, 1.807) is 0 Å². The second-order valence-corrected chi connectivity index (χ2v) is 5.95. The summed E-state index contributed by atoms with van der Waals surface area (Å²) in [5.74, 6) is -0.472. The quantitative estimate of drug-likeness (QED) is 0.853. The van der Waals surface area contributed by atoms with Gasteiger partial charge in [-0.05, 0) is 31.0 Å². The lowest BCUT2D eigenvalue weighted by Crippen LogP contribution is -2.33. The second kappa shape index (κ2) is 6.12. The molecule has 0 aliphatic carbocycles. The predicted molar refractivity (Wildman–Crippen MR) is 66.5 cm³/mol. The molecule has 0 aliphatic heterocycles. The number of halogens is 1. The van der Waals surface area contributed by atoms with Crippen molar-refractivity contribution >= 4 is 10.0 Å². The number of benzene rings is 1. The van der Waals surface area contributed by atoms with Crippen molar-refractivity contribution in [3.05, 3.63) is 35.6 Å². The average molecular weight is 259 g/mol. The number of hydrogen-bond acceptors (Lipinski definition) is 2. The first-order chi connectivity index (χ1) is 7.93. The molecule has 0 amide bonds. The summed E-state index contributed by atoms with van der Waals surface area (Å²) in [5.41, 5.74) is 0.586. The van der Waals surface area contributed by atoms with Gasteiger partial charge in [0.2, 0.25) is 10.0 Å². The van der Waals surface area contributed by atoms with Crippen LogP contribution >= 0.6 is 0 Å². The fraction of sp³-hybridized carbons (Fsp3) is 0.500. The van der Waals surface area contributed by atoms with Gasteiger partial charge in [-0.25, -0.2) is 17.5 Å². The van der Waals surface area contributed by atoms with Crippen LogP contribution in [-0.4, -0.2) is 14.5 Å². The Morgan fingerprint density at radius 2 is 1.88 bits per heavy atom. The Bertz CT molecular complexity index is 442. The van der Waals surface area contributed by atoms with E-state index in [1.807, 2.05) is 13.8 Å². The number of hydrogen-bond donors (Lipinski definition) is 1. The zero-order valence-corrected chi connectivity index (χ0v) is 10.9. The van der Waals surface area contributed by atoms with Crippen LogP contribution in [0.2, 0.25) is 0 Å². The lowest BCUT2D eigenvalue weighted by atomic mass is 10.2. The van der Waals surface area contributed by atoms with Gasteiger partial charge in [-0.1, -0.05) is 25.5 Å². The summed E-state index contributed by atoms with van der Waals surface area (Å²) in [7, 11) is -3.34. The molecule has 96 valence electrons. The van der Waals surface area contributed by atoms with E-state index in [4.69, 9.17) is 0 Å². The number of sulfonamides is 1. The molecule has 17 heavy (non-hydrogen) atoms. The Balaban J connectivity index is 2.63. The number of nitrogens with one attached hydrogen (secondary N) is 1. The van der Waals surface area contributed by atoms with Crippen LogP contribution in [0.15, 0.2) is 24.3 Å². The van der Waals surface area contributed by atoms with Crippen LogP contribution < -0.4 is 4.72 Å². The van der Waals surface area contributed by atoms with Crippen molar-refractivity contribution in [3.8, 4) is 0 Å². The summed E-state index contributed by atoms with van der Waals surface area (Å²) in [5, 5.41) is 0. The van der Waals surface area contributed by atoms with Gasteiger partial charge in [0.15, 0.2) is 0 Å². The van der Waals surface area contributed by atoms with E-state index in [2.05, 4.69) is 4.72 Å². The van der Waals surface area contributed by atoms with Gasteiger partial charge in [-0.15, -0.1) is 0 Å². The highest BCUT2D eigenvalue weighted by Crippen LogP contribution is 2.08. The highest BCUT2D eigenvalue weighted by Gasteiger charge is 2.14. The van der Waals surface area contributed by atoms with Gasteiger partial charge >= 0.3 is 0 Å². The Labute approximate surface area is 102 Å². The number of rotatable bonds is 6. The van der Waals surface area contributed by atoms with Gasteiger partial charge in [-0.3, -0.25) is 0 Å². The van der Waals surface area contributed by atoms with Crippen LogP contribution in [-0.2, 0) is 15.8 Å². The molecule has 1 aromatic rings. The lowest BCUT2D eigenvalue weighted by Gasteiger charge is -2.13. The molecule has 0 fully saturated rings. The Morgan fingerprint density at radius 3 is 2.41 bits per heavy atom. The monoisotopic (exact) mass is 259 g/mol. The van der Waals surface area contributed by atoms with Crippen molar-refractivity contribution in [2.75, 3.05) is 0 Å². The normalized spacial score (nSPS) is 13.6. The van der Waals surface area contributed by atoms with Crippen LogP contribution in [0.5, 0.6) is 0 Å². The molecule has 3 nitrogen and oxygen atoms in total. The first-order valence-electron chi connectivity index (χ1n) is 5.67. The molecule has 0 saturated heterocycles. The minimum Gasteiger partial charge on any atom is -0.212 e. The standard InChI is InChI=1S/C12H18FNO2S/c1-3-4-10(2)14-17(15,16)9-11-5-7-12(13)8-6-11/h5-8,10,14H,3-4,9H2,1-2H3. The lowest BCUT2D eigenvalue weighted by molar-refractivity contribution is 0.543. The molecule has 0 aromatic heterocycles. The fourth-order valence-electron chi connectivity index (χ4n) is 1.64. The Morgan fingerprint density at radius 1 is 1.29 bits per heavy atom. The molecule has 0 bridgehead atoms. The van der Waals surface area contributed by atoms with Gasteiger partial charge in [0, 0.05) is 6.04 Å². The summed E-state index contributed by atoms with van der Waals surface area (Å²) in [6.07, 6.45) is 1.74. The summed E-state index contributed by atoms with van der Waals surface area (Å²) >= 11 is 0. The second-order valence-electron chi connectivity index (χ2n) is 4.19. The molecular formula is C12H18FNO2S. The summed E-state index contributed by atoms with van der Waals surface area (Å²) in [6, 6.07) is 5.43. The first-order valence-corrected chi connectivity index (χ1v) is 7.32. The first kappa shape index (κ1) is 14.1. The van der Waals surface area contributed by atoms with E-state index < -0.39 is 10.0 Å². The average Bonchev–Trinajstić information content (AvgIpc) is 2.20. The van der Waals surface area contributed by atoms with E-state index >= 15 is 0 Å². The molecule has 0 saturated carbocycles. The van der Waals surface area contributed by atoms with Crippen molar-refractivity contribution in [2.45, 2.75) is 38.5 Å². The molecule has 0 heterocycles. The molecule has 5 heteroatoms. The highest BCUT2D eigenvalue weighted by atomic mass is 32.2. The SMILES string of the molecule is CCCC(C)NS(=O)(=O)Cc1ccc(F)cc1. The zero-order chi connectivity index (χ0) is 12.9. The molecular weight excluding hydrogens is 241 g/mol. The van der Waals surface area contributed by atoms with Crippen molar-refractivity contribution in [3.63, 3.8) is 0 Å². The van der Waals surface area contributed by atoms with E-state index in [0.29, 0.717) is 5.56 Å². The Hall–Kier alpha value is -0.940. The molecule has 1 unspecified atom stereocenters.